The fourth-order valence-electron chi connectivity index (χ4n) is 2.55. The van der Waals surface area contributed by atoms with E-state index in [1.807, 2.05) is 0 Å². The molecule has 1 aromatic carbocycles. The number of hydrogen-bond donors (Lipinski definition) is 0. The molecule has 0 saturated carbocycles. The number of benzene rings is 1. The van der Waals surface area contributed by atoms with Crippen LogP contribution in [0.4, 0.5) is 8.78 Å². The number of fused-ring (bicyclic) bond motifs is 1. The van der Waals surface area contributed by atoms with Crippen LogP contribution in [0.25, 0.3) is 0 Å². The van der Waals surface area contributed by atoms with Gasteiger partial charge < -0.3 is 4.74 Å². The van der Waals surface area contributed by atoms with E-state index in [2.05, 4.69) is 4.98 Å². The molecule has 130 valence electrons. The summed E-state index contributed by atoms with van der Waals surface area (Å²) in [6.45, 7) is -1.97. The van der Waals surface area contributed by atoms with Gasteiger partial charge in [-0.25, -0.2) is 9.78 Å². The molecule has 1 atom stereocenters. The minimum atomic E-state index is -2.81. The van der Waals surface area contributed by atoms with Gasteiger partial charge in [0.05, 0.1) is 11.1 Å². The van der Waals surface area contributed by atoms with Crippen LogP contribution in [0.5, 0.6) is 0 Å². The summed E-state index contributed by atoms with van der Waals surface area (Å²) in [5, 5.41) is 0. The Bertz CT molecular complexity index is 814. The minimum absolute atomic E-state index is 0.141. The summed E-state index contributed by atoms with van der Waals surface area (Å²) >= 11 is 0. The Morgan fingerprint density at radius 1 is 1.20 bits per heavy atom. The molecule has 0 aliphatic carbocycles. The van der Waals surface area contributed by atoms with E-state index in [1.54, 1.807) is 12.1 Å². The summed E-state index contributed by atoms with van der Waals surface area (Å²) in [6.07, 6.45) is 2.21. The first kappa shape index (κ1) is 16.7. The number of carbonyl (C=O) groups is 3. The van der Waals surface area contributed by atoms with E-state index < -0.39 is 37.0 Å². The first-order valence-electron chi connectivity index (χ1n) is 7.35. The predicted octanol–water partition coefficient (Wildman–Crippen LogP) is 2.01. The molecule has 9 heteroatoms. The zero-order valence-electron chi connectivity index (χ0n) is 13.1. The first-order chi connectivity index (χ1) is 11.9. The number of aromatic nitrogens is 2. The molecule has 1 aliphatic heterocycles. The van der Waals surface area contributed by atoms with E-state index >= 15 is 0 Å². The highest BCUT2D eigenvalue weighted by Gasteiger charge is 2.41. The second-order valence-corrected chi connectivity index (χ2v) is 5.34. The van der Waals surface area contributed by atoms with Crippen molar-refractivity contribution in [2.24, 2.45) is 0 Å². The van der Waals surface area contributed by atoms with Gasteiger partial charge in [-0.05, 0) is 19.1 Å². The summed E-state index contributed by atoms with van der Waals surface area (Å²) in [5.41, 5.74) is 0.417. The fourth-order valence-corrected chi connectivity index (χ4v) is 2.55. The fraction of sp³-hybridized carbons (Fsp3) is 0.250. The summed E-state index contributed by atoms with van der Waals surface area (Å²) in [5.74, 6) is -2.23. The second-order valence-electron chi connectivity index (χ2n) is 5.34. The average molecular weight is 349 g/mol. The quantitative estimate of drug-likeness (QED) is 0.609. The molecule has 0 bridgehead atoms. The molecule has 0 radical (unpaired) electrons. The van der Waals surface area contributed by atoms with Crippen molar-refractivity contribution in [2.45, 2.75) is 26.1 Å². The molecule has 0 saturated heterocycles. The average Bonchev–Trinajstić information content (AvgIpc) is 3.16. The molecular weight excluding hydrogens is 336 g/mol. The summed E-state index contributed by atoms with van der Waals surface area (Å²) < 4.78 is 31.0. The van der Waals surface area contributed by atoms with Gasteiger partial charge in [-0.1, -0.05) is 12.1 Å². The Morgan fingerprint density at radius 3 is 2.36 bits per heavy atom. The highest BCUT2D eigenvalue weighted by molar-refractivity contribution is 6.22. The number of halogens is 2. The molecule has 1 aliphatic rings. The molecule has 1 aromatic heterocycles. The van der Waals surface area contributed by atoms with Crippen molar-refractivity contribution in [1.29, 1.82) is 0 Å². The van der Waals surface area contributed by atoms with Crippen LogP contribution in [-0.2, 0) is 16.1 Å². The number of imidazole rings is 1. The first-order valence-corrected chi connectivity index (χ1v) is 7.35. The largest absolute Gasteiger partial charge is 0.456 e. The van der Waals surface area contributed by atoms with Gasteiger partial charge in [-0.15, -0.1) is 0 Å². The molecule has 25 heavy (non-hydrogen) atoms. The molecular formula is C16H13F2N3O4. The maximum absolute atomic E-state index is 12.7. The number of rotatable bonds is 5. The molecule has 0 spiro atoms. The SMILES string of the molecule is C[C@@H](C(=O)OCc1nccn1C(F)F)N1C(=O)c2ccccc2C1=O. The molecule has 2 aromatic rings. The van der Waals surface area contributed by atoms with Crippen LogP contribution in [0, 0.1) is 0 Å². The minimum Gasteiger partial charge on any atom is -0.456 e. The van der Waals surface area contributed by atoms with Gasteiger partial charge in [-0.2, -0.15) is 8.78 Å². The second kappa shape index (κ2) is 6.42. The number of nitrogens with zero attached hydrogens (tertiary/aromatic N) is 3. The lowest BCUT2D eigenvalue weighted by molar-refractivity contribution is -0.149. The highest BCUT2D eigenvalue weighted by atomic mass is 19.3. The van der Waals surface area contributed by atoms with Crippen molar-refractivity contribution < 1.29 is 27.9 Å². The van der Waals surface area contributed by atoms with Crippen LogP contribution in [0.3, 0.4) is 0 Å². The number of amides is 2. The van der Waals surface area contributed by atoms with Gasteiger partial charge in [-0.3, -0.25) is 19.1 Å². The van der Waals surface area contributed by atoms with Gasteiger partial charge >= 0.3 is 12.5 Å². The third kappa shape index (κ3) is 2.88. The Labute approximate surface area is 140 Å². The van der Waals surface area contributed by atoms with Crippen LogP contribution >= 0.6 is 0 Å². The van der Waals surface area contributed by atoms with Crippen LogP contribution in [0.1, 0.15) is 40.0 Å². The summed E-state index contributed by atoms with van der Waals surface area (Å²) in [4.78, 5) is 41.3. The monoisotopic (exact) mass is 349 g/mol. The van der Waals surface area contributed by atoms with E-state index in [0.717, 1.165) is 17.3 Å². The third-order valence-corrected chi connectivity index (χ3v) is 3.86. The lowest BCUT2D eigenvalue weighted by Crippen LogP contribution is -2.43. The maximum atomic E-state index is 12.7. The topological polar surface area (TPSA) is 81.5 Å². The molecule has 2 amide bonds. The zero-order chi connectivity index (χ0) is 18.1. The standard InChI is InChI=1S/C16H13F2N3O4/c1-9(15(24)25-8-12-19-6-7-20(12)16(17)18)21-13(22)10-4-2-3-5-11(10)14(21)23/h2-7,9,16H,8H2,1H3/t9-/m0/s1. The van der Waals surface area contributed by atoms with Crippen LogP contribution in [0.15, 0.2) is 36.7 Å². The van der Waals surface area contributed by atoms with Gasteiger partial charge in [0.2, 0.25) is 0 Å². The van der Waals surface area contributed by atoms with Crippen LogP contribution in [0.2, 0.25) is 0 Å². The van der Waals surface area contributed by atoms with E-state index in [1.165, 1.54) is 19.1 Å². The summed E-state index contributed by atoms with van der Waals surface area (Å²) in [7, 11) is 0. The van der Waals surface area contributed by atoms with Crippen molar-refractivity contribution in [3.8, 4) is 0 Å². The lowest BCUT2D eigenvalue weighted by atomic mass is 10.1. The van der Waals surface area contributed by atoms with Gasteiger partial charge in [0.15, 0.2) is 5.82 Å². The third-order valence-electron chi connectivity index (χ3n) is 3.86. The molecule has 2 heterocycles. The smallest absolute Gasteiger partial charge is 0.329 e. The van der Waals surface area contributed by atoms with Crippen LogP contribution in [-0.4, -0.2) is 38.3 Å². The van der Waals surface area contributed by atoms with Gasteiger partial charge in [0, 0.05) is 12.4 Å². The number of carbonyl (C=O) groups excluding carboxylic acids is 3. The van der Waals surface area contributed by atoms with Crippen LogP contribution < -0.4 is 0 Å². The van der Waals surface area contributed by atoms with Crippen molar-refractivity contribution >= 4 is 17.8 Å². The number of ether oxygens (including phenoxy) is 1. The number of imide groups is 1. The van der Waals surface area contributed by atoms with E-state index in [-0.39, 0.29) is 17.0 Å². The van der Waals surface area contributed by atoms with Crippen molar-refractivity contribution in [2.75, 3.05) is 0 Å². The Morgan fingerprint density at radius 2 is 1.80 bits per heavy atom. The Balaban J connectivity index is 1.70. The Kier molecular flexibility index (Phi) is 4.30. The van der Waals surface area contributed by atoms with E-state index in [4.69, 9.17) is 4.74 Å². The number of hydrogen-bond acceptors (Lipinski definition) is 5. The lowest BCUT2D eigenvalue weighted by Gasteiger charge is -2.20. The van der Waals surface area contributed by atoms with Crippen molar-refractivity contribution in [3.05, 3.63) is 53.6 Å². The van der Waals surface area contributed by atoms with Crippen molar-refractivity contribution in [3.63, 3.8) is 0 Å². The molecule has 0 fully saturated rings. The number of alkyl halides is 2. The summed E-state index contributed by atoms with van der Waals surface area (Å²) in [6, 6.07) is 5.02. The van der Waals surface area contributed by atoms with E-state index in [9.17, 15) is 23.2 Å². The van der Waals surface area contributed by atoms with E-state index in [0.29, 0.717) is 4.57 Å². The molecule has 0 unspecified atom stereocenters. The van der Waals surface area contributed by atoms with Gasteiger partial charge in [0.25, 0.3) is 11.8 Å². The van der Waals surface area contributed by atoms with Gasteiger partial charge in [0.1, 0.15) is 12.6 Å². The zero-order valence-corrected chi connectivity index (χ0v) is 13.1. The Hall–Kier alpha value is -3.10. The highest BCUT2D eigenvalue weighted by Crippen LogP contribution is 2.25. The number of esters is 1. The molecule has 7 nitrogen and oxygen atoms in total. The molecule has 0 N–H and O–H groups in total. The maximum Gasteiger partial charge on any atom is 0.329 e. The molecule has 3 rings (SSSR count). The predicted molar refractivity (Wildman–Crippen MR) is 79.7 cm³/mol. The van der Waals surface area contributed by atoms with Crippen molar-refractivity contribution in [1.82, 2.24) is 14.5 Å². The normalized spacial score (nSPS) is 14.8.